The van der Waals surface area contributed by atoms with Crippen LogP contribution in [0.5, 0.6) is 5.75 Å². The molecule has 1 aromatic heterocycles. The Labute approximate surface area is 160 Å². The van der Waals surface area contributed by atoms with E-state index in [0.717, 1.165) is 56.2 Å². The van der Waals surface area contributed by atoms with Crippen molar-refractivity contribution in [2.24, 2.45) is 0 Å². The molecular weight excluding hydrogens is 338 g/mol. The van der Waals surface area contributed by atoms with Crippen LogP contribution in [0.25, 0.3) is 11.5 Å². The fourth-order valence-electron chi connectivity index (χ4n) is 3.58. The van der Waals surface area contributed by atoms with Crippen molar-refractivity contribution >= 4 is 5.69 Å². The molecule has 0 aliphatic carbocycles. The highest BCUT2D eigenvalue weighted by atomic mass is 16.5. The van der Waals surface area contributed by atoms with Crippen molar-refractivity contribution in [3.05, 3.63) is 66.6 Å². The monoisotopic (exact) mass is 363 g/mol. The zero-order chi connectivity index (χ0) is 18.5. The lowest BCUT2D eigenvalue weighted by Crippen LogP contribution is -2.30. The van der Waals surface area contributed by atoms with E-state index in [-0.39, 0.29) is 0 Å². The van der Waals surface area contributed by atoms with E-state index < -0.39 is 0 Å². The van der Waals surface area contributed by atoms with Crippen LogP contribution in [0.15, 0.2) is 65.3 Å². The van der Waals surface area contributed by atoms with Crippen molar-refractivity contribution in [1.82, 2.24) is 9.88 Å². The Morgan fingerprint density at radius 2 is 1.78 bits per heavy atom. The van der Waals surface area contributed by atoms with Crippen LogP contribution in [0, 0.1) is 0 Å². The molecule has 1 saturated heterocycles. The molecule has 4 rings (SSSR count). The topological polar surface area (TPSA) is 41.7 Å². The maximum atomic E-state index is 5.68. The molecule has 140 valence electrons. The quantitative estimate of drug-likeness (QED) is 0.684. The van der Waals surface area contributed by atoms with Crippen LogP contribution >= 0.6 is 0 Å². The van der Waals surface area contributed by atoms with E-state index in [1.807, 2.05) is 42.5 Å². The largest absolute Gasteiger partial charge is 0.495 e. The summed E-state index contributed by atoms with van der Waals surface area (Å²) in [4.78, 5) is 9.53. The third-order valence-electron chi connectivity index (χ3n) is 4.97. The highest BCUT2D eigenvalue weighted by molar-refractivity contribution is 5.58. The molecule has 0 radical (unpaired) electrons. The van der Waals surface area contributed by atoms with Gasteiger partial charge in [-0.25, -0.2) is 4.98 Å². The molecule has 0 unspecified atom stereocenters. The number of hydrogen-bond acceptors (Lipinski definition) is 5. The molecule has 1 fully saturated rings. The Hall–Kier alpha value is -2.79. The molecule has 1 aliphatic heterocycles. The Kier molecular flexibility index (Phi) is 5.39. The van der Waals surface area contributed by atoms with Crippen LogP contribution in [-0.4, -0.2) is 43.2 Å². The van der Waals surface area contributed by atoms with Crippen LogP contribution in [-0.2, 0) is 6.54 Å². The van der Waals surface area contributed by atoms with E-state index in [9.17, 15) is 0 Å². The van der Waals surface area contributed by atoms with Gasteiger partial charge in [-0.15, -0.1) is 0 Å². The third kappa shape index (κ3) is 4.14. The minimum atomic E-state index is 0.691. The number of aromatic nitrogens is 1. The minimum Gasteiger partial charge on any atom is -0.495 e. The first-order valence-corrected chi connectivity index (χ1v) is 9.43. The van der Waals surface area contributed by atoms with Gasteiger partial charge in [0.15, 0.2) is 0 Å². The zero-order valence-corrected chi connectivity index (χ0v) is 15.7. The number of oxazole rings is 1. The summed E-state index contributed by atoms with van der Waals surface area (Å²) >= 11 is 0. The second-order valence-corrected chi connectivity index (χ2v) is 6.80. The van der Waals surface area contributed by atoms with Crippen molar-refractivity contribution in [2.45, 2.75) is 13.0 Å². The normalized spacial score (nSPS) is 15.5. The maximum absolute atomic E-state index is 5.68. The van der Waals surface area contributed by atoms with Gasteiger partial charge in [0.25, 0.3) is 0 Å². The fraction of sp³-hybridized carbons (Fsp3) is 0.318. The summed E-state index contributed by atoms with van der Waals surface area (Å²) in [6.07, 6.45) is 2.90. The number of nitrogens with zero attached hydrogens (tertiary/aromatic N) is 3. The summed E-state index contributed by atoms with van der Waals surface area (Å²) < 4.78 is 11.2. The molecular formula is C22H25N3O2. The molecule has 0 N–H and O–H groups in total. The van der Waals surface area contributed by atoms with E-state index in [0.29, 0.717) is 5.89 Å². The molecule has 0 atom stereocenters. The van der Waals surface area contributed by atoms with E-state index in [1.165, 1.54) is 5.69 Å². The van der Waals surface area contributed by atoms with Crippen LogP contribution in [0.4, 0.5) is 5.69 Å². The van der Waals surface area contributed by atoms with Gasteiger partial charge in [0.1, 0.15) is 12.0 Å². The van der Waals surface area contributed by atoms with Crippen LogP contribution in [0.2, 0.25) is 0 Å². The molecule has 0 bridgehead atoms. The third-order valence-corrected chi connectivity index (χ3v) is 4.97. The molecule has 2 aromatic carbocycles. The average Bonchev–Trinajstić information content (AvgIpc) is 3.07. The molecule has 27 heavy (non-hydrogen) atoms. The van der Waals surface area contributed by atoms with E-state index in [1.54, 1.807) is 13.4 Å². The van der Waals surface area contributed by atoms with Crippen molar-refractivity contribution < 1.29 is 9.15 Å². The Balaban J connectivity index is 1.40. The van der Waals surface area contributed by atoms with Crippen molar-refractivity contribution in [3.63, 3.8) is 0 Å². The Morgan fingerprint density at radius 3 is 2.63 bits per heavy atom. The molecule has 1 aliphatic rings. The molecule has 0 amide bonds. The van der Waals surface area contributed by atoms with Gasteiger partial charge >= 0.3 is 0 Å². The number of anilines is 1. The molecule has 5 heteroatoms. The van der Waals surface area contributed by atoms with Gasteiger partial charge in [-0.2, -0.15) is 0 Å². The fourth-order valence-corrected chi connectivity index (χ4v) is 3.58. The van der Waals surface area contributed by atoms with Gasteiger partial charge in [-0.3, -0.25) is 4.90 Å². The number of rotatable bonds is 5. The lowest BCUT2D eigenvalue weighted by atomic mass is 10.2. The maximum Gasteiger partial charge on any atom is 0.226 e. The van der Waals surface area contributed by atoms with Gasteiger partial charge in [0, 0.05) is 38.3 Å². The molecule has 0 spiro atoms. The lowest BCUT2D eigenvalue weighted by molar-refractivity contribution is 0.282. The number of hydrogen-bond donors (Lipinski definition) is 0. The standard InChI is InChI=1S/C22H25N3O2/c1-26-21-11-6-5-10-20(21)25-13-7-12-24(14-15-25)16-19-17-27-22(23-19)18-8-3-2-4-9-18/h2-6,8-11,17H,7,12-16H2,1H3. The predicted molar refractivity (Wildman–Crippen MR) is 107 cm³/mol. The number of benzene rings is 2. The van der Waals surface area contributed by atoms with E-state index >= 15 is 0 Å². The predicted octanol–water partition coefficient (Wildman–Crippen LogP) is 4.06. The SMILES string of the molecule is COc1ccccc1N1CCCN(Cc2coc(-c3ccccc3)n2)CC1. The number of methoxy groups -OCH3 is 1. The Morgan fingerprint density at radius 1 is 0.963 bits per heavy atom. The molecule has 2 heterocycles. The average molecular weight is 363 g/mol. The lowest BCUT2D eigenvalue weighted by Gasteiger charge is -2.25. The zero-order valence-electron chi connectivity index (χ0n) is 15.7. The first-order chi connectivity index (χ1) is 13.3. The first-order valence-electron chi connectivity index (χ1n) is 9.43. The van der Waals surface area contributed by atoms with Gasteiger partial charge in [0.2, 0.25) is 5.89 Å². The van der Waals surface area contributed by atoms with Gasteiger partial charge in [-0.05, 0) is 30.7 Å². The minimum absolute atomic E-state index is 0.691. The van der Waals surface area contributed by atoms with E-state index in [4.69, 9.17) is 9.15 Å². The summed E-state index contributed by atoms with van der Waals surface area (Å²) in [7, 11) is 1.73. The van der Waals surface area contributed by atoms with Crippen molar-refractivity contribution in [3.8, 4) is 17.2 Å². The second-order valence-electron chi connectivity index (χ2n) is 6.80. The summed E-state index contributed by atoms with van der Waals surface area (Å²) in [5.41, 5.74) is 3.18. The summed E-state index contributed by atoms with van der Waals surface area (Å²) in [6, 6.07) is 18.3. The first kappa shape index (κ1) is 17.6. The Bertz CT molecular complexity index is 863. The number of para-hydroxylation sites is 2. The van der Waals surface area contributed by atoms with Crippen LogP contribution in [0.1, 0.15) is 12.1 Å². The molecule has 5 nitrogen and oxygen atoms in total. The van der Waals surface area contributed by atoms with Crippen LogP contribution in [0.3, 0.4) is 0 Å². The van der Waals surface area contributed by atoms with Crippen molar-refractivity contribution in [2.75, 3.05) is 38.2 Å². The smallest absolute Gasteiger partial charge is 0.226 e. The van der Waals surface area contributed by atoms with Crippen molar-refractivity contribution in [1.29, 1.82) is 0 Å². The summed E-state index contributed by atoms with van der Waals surface area (Å²) in [6.45, 7) is 4.87. The second kappa shape index (κ2) is 8.27. The summed E-state index contributed by atoms with van der Waals surface area (Å²) in [5, 5.41) is 0. The molecule has 3 aromatic rings. The molecule has 0 saturated carbocycles. The van der Waals surface area contributed by atoms with Gasteiger partial charge < -0.3 is 14.1 Å². The summed E-state index contributed by atoms with van der Waals surface area (Å²) in [5.74, 6) is 1.63. The number of ether oxygens (including phenoxy) is 1. The van der Waals surface area contributed by atoms with E-state index in [2.05, 4.69) is 26.9 Å². The van der Waals surface area contributed by atoms with Crippen LogP contribution < -0.4 is 9.64 Å². The van der Waals surface area contributed by atoms with Gasteiger partial charge in [-0.1, -0.05) is 30.3 Å². The highest BCUT2D eigenvalue weighted by Crippen LogP contribution is 2.28. The van der Waals surface area contributed by atoms with Gasteiger partial charge in [0.05, 0.1) is 18.5 Å². The highest BCUT2D eigenvalue weighted by Gasteiger charge is 2.19.